The number of hydrogen-bond acceptors (Lipinski definition) is 9. The molecule has 0 saturated heterocycles. The highest BCUT2D eigenvalue weighted by atomic mass is 32.2. The van der Waals surface area contributed by atoms with E-state index in [9.17, 15) is 13.2 Å². The molecule has 2 heterocycles. The van der Waals surface area contributed by atoms with Gasteiger partial charge >= 0.3 is 0 Å². The molecule has 1 amide bonds. The Hall–Kier alpha value is -3.64. The summed E-state index contributed by atoms with van der Waals surface area (Å²) < 4.78 is 29.7. The third kappa shape index (κ3) is 6.43. The second-order valence-corrected chi connectivity index (χ2v) is 12.5. The highest BCUT2D eigenvalue weighted by molar-refractivity contribution is 7.90. The molecule has 4 aromatic rings. The van der Waals surface area contributed by atoms with Gasteiger partial charge in [-0.05, 0) is 53.8 Å². The minimum atomic E-state index is -3.31. The van der Waals surface area contributed by atoms with Crippen LogP contribution in [0.25, 0.3) is 11.4 Å². The summed E-state index contributed by atoms with van der Waals surface area (Å²) in [6.07, 6.45) is 9.26. The van der Waals surface area contributed by atoms with Gasteiger partial charge in [0.15, 0.2) is 15.0 Å². The third-order valence-electron chi connectivity index (χ3n) is 6.74. The minimum absolute atomic E-state index is 0.171. The Bertz CT molecular complexity index is 1480. The number of nitrogens with zero attached hydrogens (tertiary/aromatic N) is 4. The highest BCUT2D eigenvalue weighted by Crippen LogP contribution is 2.35. The first kappa shape index (κ1) is 26.0. The number of sulfone groups is 1. The van der Waals surface area contributed by atoms with E-state index < -0.39 is 15.8 Å². The summed E-state index contributed by atoms with van der Waals surface area (Å²) in [5, 5.41) is 17.9. The standard InChI is InChI=1S/C26H28N6O4S2/c1-38(34,35)21-12-10-18(11-13-21)22(14-9-17-5-2-3-6-17)25(33)28-26-27-16-23(37-26)36-20-8-4-7-19(15-20)24-29-31-32-30-24/h4,7-8,10-13,15-17,22H,2-3,5-6,9,14H2,1H3,(H,27,28,33)(H,29,30,31,32)/t22-/m1/s1. The van der Waals surface area contributed by atoms with Gasteiger partial charge in [-0.3, -0.25) is 4.79 Å². The SMILES string of the molecule is CS(=O)(=O)c1ccc([C@@H](CCC2CCCC2)C(=O)Nc2ncc(Oc3cccc(-c4nn[nH]n4)c3)s2)cc1. The zero-order valence-electron chi connectivity index (χ0n) is 20.8. The fourth-order valence-electron chi connectivity index (χ4n) is 4.75. The average Bonchev–Trinajstić information content (AvgIpc) is 3.68. The summed E-state index contributed by atoms with van der Waals surface area (Å²) >= 11 is 1.23. The number of hydrogen-bond donors (Lipinski definition) is 2. The molecule has 12 heteroatoms. The number of carbonyl (C=O) groups excluding carboxylic acids is 1. The predicted molar refractivity (Wildman–Crippen MR) is 144 cm³/mol. The Morgan fingerprint density at radius 2 is 1.97 bits per heavy atom. The van der Waals surface area contributed by atoms with Crippen LogP contribution in [-0.2, 0) is 14.6 Å². The lowest BCUT2D eigenvalue weighted by atomic mass is 9.89. The van der Waals surface area contributed by atoms with Gasteiger partial charge in [0.25, 0.3) is 0 Å². The first-order valence-corrected chi connectivity index (χ1v) is 15.1. The third-order valence-corrected chi connectivity index (χ3v) is 8.66. The average molecular weight is 553 g/mol. The van der Waals surface area contributed by atoms with Crippen LogP contribution in [0, 0.1) is 5.92 Å². The van der Waals surface area contributed by atoms with Gasteiger partial charge in [0.05, 0.1) is 17.0 Å². The van der Waals surface area contributed by atoms with Crippen molar-refractivity contribution in [2.45, 2.75) is 49.3 Å². The molecular weight excluding hydrogens is 524 g/mol. The molecule has 1 aliphatic carbocycles. The van der Waals surface area contributed by atoms with Crippen LogP contribution in [0.5, 0.6) is 10.8 Å². The first-order chi connectivity index (χ1) is 18.3. The second-order valence-electron chi connectivity index (χ2n) is 9.46. The van der Waals surface area contributed by atoms with E-state index in [1.807, 2.05) is 12.1 Å². The molecular formula is C26H28N6O4S2. The lowest BCUT2D eigenvalue weighted by Crippen LogP contribution is -2.22. The molecule has 0 radical (unpaired) electrons. The summed E-state index contributed by atoms with van der Waals surface area (Å²) in [7, 11) is -3.31. The predicted octanol–water partition coefficient (Wildman–Crippen LogP) is 5.21. The number of benzene rings is 2. The number of tetrazole rings is 1. The Kier molecular flexibility index (Phi) is 7.79. The molecule has 1 aliphatic rings. The normalized spacial score (nSPS) is 14.9. The van der Waals surface area contributed by atoms with Gasteiger partial charge in [-0.25, -0.2) is 13.4 Å². The van der Waals surface area contributed by atoms with Crippen molar-refractivity contribution in [2.24, 2.45) is 5.92 Å². The maximum atomic E-state index is 13.4. The fourth-order valence-corrected chi connectivity index (χ4v) is 6.07. The molecule has 1 fully saturated rings. The Balaban J connectivity index is 1.28. The van der Waals surface area contributed by atoms with E-state index in [1.54, 1.807) is 42.6 Å². The Morgan fingerprint density at radius 1 is 1.18 bits per heavy atom. The van der Waals surface area contributed by atoms with Crippen LogP contribution in [0.3, 0.4) is 0 Å². The zero-order chi connectivity index (χ0) is 26.5. The number of thiazole rings is 1. The molecule has 38 heavy (non-hydrogen) atoms. The number of ether oxygens (including phenoxy) is 1. The van der Waals surface area contributed by atoms with E-state index >= 15 is 0 Å². The van der Waals surface area contributed by atoms with E-state index in [0.717, 1.165) is 17.5 Å². The maximum Gasteiger partial charge on any atom is 0.233 e. The number of amides is 1. The molecule has 5 rings (SSSR count). The quantitative estimate of drug-likeness (QED) is 0.273. The molecule has 2 N–H and O–H groups in total. The molecule has 1 atom stereocenters. The summed E-state index contributed by atoms with van der Waals surface area (Å²) in [5.41, 5.74) is 1.54. The molecule has 2 aromatic carbocycles. The molecule has 10 nitrogen and oxygen atoms in total. The maximum absolute atomic E-state index is 13.4. The molecule has 0 spiro atoms. The van der Waals surface area contributed by atoms with Crippen molar-refractivity contribution in [3.63, 3.8) is 0 Å². The summed E-state index contributed by atoms with van der Waals surface area (Å²) in [6, 6.07) is 13.9. The molecule has 0 aliphatic heterocycles. The molecule has 198 valence electrons. The van der Waals surface area contributed by atoms with Crippen molar-refractivity contribution < 1.29 is 17.9 Å². The van der Waals surface area contributed by atoms with Gasteiger partial charge in [0.2, 0.25) is 16.8 Å². The number of aromatic amines is 1. The lowest BCUT2D eigenvalue weighted by molar-refractivity contribution is -0.117. The van der Waals surface area contributed by atoms with Gasteiger partial charge < -0.3 is 10.1 Å². The second kappa shape index (κ2) is 11.4. The number of aromatic nitrogens is 5. The molecule has 1 saturated carbocycles. The van der Waals surface area contributed by atoms with Crippen LogP contribution in [0.4, 0.5) is 5.13 Å². The van der Waals surface area contributed by atoms with E-state index in [1.165, 1.54) is 43.3 Å². The lowest BCUT2D eigenvalue weighted by Gasteiger charge is -2.19. The van der Waals surface area contributed by atoms with Gasteiger partial charge in [-0.2, -0.15) is 5.21 Å². The van der Waals surface area contributed by atoms with Crippen molar-refractivity contribution in [3.8, 4) is 22.2 Å². The highest BCUT2D eigenvalue weighted by Gasteiger charge is 2.25. The topological polar surface area (TPSA) is 140 Å². The van der Waals surface area contributed by atoms with Crippen LogP contribution >= 0.6 is 11.3 Å². The van der Waals surface area contributed by atoms with Gasteiger partial charge in [0.1, 0.15) is 5.75 Å². The molecule has 0 unspecified atom stereocenters. The van der Waals surface area contributed by atoms with E-state index in [-0.39, 0.29) is 10.8 Å². The van der Waals surface area contributed by atoms with Crippen molar-refractivity contribution in [2.75, 3.05) is 11.6 Å². The number of H-pyrrole nitrogens is 1. The fraction of sp³-hybridized carbons (Fsp3) is 0.346. The van der Waals surface area contributed by atoms with Crippen LogP contribution in [0.2, 0.25) is 0 Å². The van der Waals surface area contributed by atoms with Crippen LogP contribution < -0.4 is 10.1 Å². The monoisotopic (exact) mass is 552 g/mol. The van der Waals surface area contributed by atoms with E-state index in [4.69, 9.17) is 4.74 Å². The van der Waals surface area contributed by atoms with Crippen molar-refractivity contribution >= 4 is 32.2 Å². The van der Waals surface area contributed by atoms with Crippen molar-refractivity contribution in [1.82, 2.24) is 25.6 Å². The van der Waals surface area contributed by atoms with E-state index in [2.05, 4.69) is 30.9 Å². The molecule has 2 aromatic heterocycles. The van der Waals surface area contributed by atoms with Crippen LogP contribution in [-0.4, -0.2) is 46.2 Å². The minimum Gasteiger partial charge on any atom is -0.445 e. The van der Waals surface area contributed by atoms with Crippen molar-refractivity contribution in [1.29, 1.82) is 0 Å². The summed E-state index contributed by atoms with van der Waals surface area (Å²) in [6.45, 7) is 0. The smallest absolute Gasteiger partial charge is 0.233 e. The number of nitrogens with one attached hydrogen (secondary N) is 2. The number of carbonyl (C=O) groups is 1. The zero-order valence-corrected chi connectivity index (χ0v) is 22.5. The van der Waals surface area contributed by atoms with Gasteiger partial charge in [-0.15, -0.1) is 10.2 Å². The van der Waals surface area contributed by atoms with Crippen LogP contribution in [0.1, 0.15) is 50.0 Å². The summed E-state index contributed by atoms with van der Waals surface area (Å²) in [5.74, 6) is 1.08. The summed E-state index contributed by atoms with van der Waals surface area (Å²) in [4.78, 5) is 18.0. The largest absolute Gasteiger partial charge is 0.445 e. The number of rotatable bonds is 10. The van der Waals surface area contributed by atoms with Crippen LogP contribution in [0.15, 0.2) is 59.6 Å². The van der Waals surface area contributed by atoms with Crippen molar-refractivity contribution in [3.05, 3.63) is 60.3 Å². The molecule has 0 bridgehead atoms. The first-order valence-electron chi connectivity index (χ1n) is 12.4. The Morgan fingerprint density at radius 3 is 2.68 bits per heavy atom. The Labute approximate surface area is 224 Å². The van der Waals surface area contributed by atoms with Gasteiger partial charge in [0, 0.05) is 11.8 Å². The number of anilines is 1. The van der Waals surface area contributed by atoms with E-state index in [0.29, 0.717) is 34.1 Å². The van der Waals surface area contributed by atoms with Gasteiger partial charge in [-0.1, -0.05) is 61.3 Å².